The summed E-state index contributed by atoms with van der Waals surface area (Å²) in [5, 5.41) is 3.07. The van der Waals surface area contributed by atoms with E-state index in [4.69, 9.17) is 4.74 Å². The number of nitrogens with one attached hydrogen (secondary N) is 1. The Morgan fingerprint density at radius 3 is 2.82 bits per heavy atom. The van der Waals surface area contributed by atoms with Gasteiger partial charge in [0.15, 0.2) is 0 Å². The van der Waals surface area contributed by atoms with Crippen LogP contribution in [0.15, 0.2) is 24.3 Å². The summed E-state index contributed by atoms with van der Waals surface area (Å²) in [5.41, 5.74) is 0.972. The minimum atomic E-state index is -0.229. The Morgan fingerprint density at radius 1 is 1.45 bits per heavy atom. The van der Waals surface area contributed by atoms with Crippen molar-refractivity contribution in [2.75, 3.05) is 20.7 Å². The van der Waals surface area contributed by atoms with E-state index in [1.54, 1.807) is 19.1 Å². The lowest BCUT2D eigenvalue weighted by molar-refractivity contribution is -0.139. The van der Waals surface area contributed by atoms with Gasteiger partial charge in [0.25, 0.3) is 0 Å². The third kappa shape index (κ3) is 3.59. The van der Waals surface area contributed by atoms with Crippen LogP contribution < -0.4 is 10.1 Å². The van der Waals surface area contributed by atoms with Crippen LogP contribution in [0.1, 0.15) is 37.8 Å². The van der Waals surface area contributed by atoms with Gasteiger partial charge in [0.2, 0.25) is 11.8 Å². The van der Waals surface area contributed by atoms with E-state index in [2.05, 4.69) is 5.32 Å². The molecule has 0 spiro atoms. The smallest absolute Gasteiger partial charge is 0.224 e. The van der Waals surface area contributed by atoms with Crippen molar-refractivity contribution in [2.24, 2.45) is 5.92 Å². The van der Waals surface area contributed by atoms with Gasteiger partial charge in [-0.1, -0.05) is 25.1 Å². The number of likely N-dealkylation sites (tertiary alicyclic amines) is 1. The van der Waals surface area contributed by atoms with E-state index in [1.807, 2.05) is 31.2 Å². The molecule has 0 aromatic heterocycles. The van der Waals surface area contributed by atoms with Gasteiger partial charge >= 0.3 is 0 Å². The highest BCUT2D eigenvalue weighted by molar-refractivity contribution is 5.87. The Labute approximate surface area is 131 Å². The van der Waals surface area contributed by atoms with E-state index in [1.165, 1.54) is 0 Å². The number of amides is 2. The van der Waals surface area contributed by atoms with Crippen molar-refractivity contribution in [3.8, 4) is 5.75 Å². The fraction of sp³-hybridized carbons (Fsp3) is 0.529. The van der Waals surface area contributed by atoms with Crippen LogP contribution in [0.2, 0.25) is 0 Å². The second-order valence-corrected chi connectivity index (χ2v) is 5.72. The van der Waals surface area contributed by atoms with Crippen LogP contribution in [-0.2, 0) is 9.59 Å². The SMILES string of the molecule is CC[C@H](NC(=O)[C@@H]1CCN(C)C(=O)C1)c1ccccc1OC. The molecule has 120 valence electrons. The second-order valence-electron chi connectivity index (χ2n) is 5.72. The van der Waals surface area contributed by atoms with Gasteiger partial charge in [0.05, 0.1) is 13.2 Å². The summed E-state index contributed by atoms with van der Waals surface area (Å²) in [6, 6.07) is 7.60. The Morgan fingerprint density at radius 2 is 2.18 bits per heavy atom. The number of ether oxygens (including phenoxy) is 1. The van der Waals surface area contributed by atoms with Crippen molar-refractivity contribution >= 4 is 11.8 Å². The van der Waals surface area contributed by atoms with E-state index in [0.717, 1.165) is 24.2 Å². The first-order valence-corrected chi connectivity index (χ1v) is 7.74. The third-order valence-corrected chi connectivity index (χ3v) is 4.27. The normalized spacial score (nSPS) is 19.7. The molecule has 0 aliphatic carbocycles. The maximum Gasteiger partial charge on any atom is 0.224 e. The van der Waals surface area contributed by atoms with E-state index in [9.17, 15) is 9.59 Å². The van der Waals surface area contributed by atoms with Gasteiger partial charge in [0.1, 0.15) is 5.75 Å². The molecule has 5 nitrogen and oxygen atoms in total. The lowest BCUT2D eigenvalue weighted by Crippen LogP contribution is -2.42. The number of piperidine rings is 1. The van der Waals surface area contributed by atoms with Crippen molar-refractivity contribution < 1.29 is 14.3 Å². The molecule has 0 saturated carbocycles. The van der Waals surface area contributed by atoms with Crippen LogP contribution in [0.3, 0.4) is 0 Å². The zero-order chi connectivity index (χ0) is 16.1. The highest BCUT2D eigenvalue weighted by Crippen LogP contribution is 2.28. The first kappa shape index (κ1) is 16.3. The molecular weight excluding hydrogens is 280 g/mol. The summed E-state index contributed by atoms with van der Waals surface area (Å²) >= 11 is 0. The summed E-state index contributed by atoms with van der Waals surface area (Å²) in [7, 11) is 3.41. The van der Waals surface area contributed by atoms with Crippen LogP contribution in [0.5, 0.6) is 5.75 Å². The van der Waals surface area contributed by atoms with Crippen molar-refractivity contribution in [1.82, 2.24) is 10.2 Å². The van der Waals surface area contributed by atoms with E-state index in [0.29, 0.717) is 13.0 Å². The number of carbonyl (C=O) groups excluding carboxylic acids is 2. The van der Waals surface area contributed by atoms with E-state index < -0.39 is 0 Å². The molecule has 22 heavy (non-hydrogen) atoms. The Bertz CT molecular complexity index is 544. The first-order chi connectivity index (χ1) is 10.6. The molecule has 1 saturated heterocycles. The molecule has 1 aromatic rings. The summed E-state index contributed by atoms with van der Waals surface area (Å²) in [4.78, 5) is 25.9. The van der Waals surface area contributed by atoms with E-state index >= 15 is 0 Å². The quantitative estimate of drug-likeness (QED) is 0.906. The Kier molecular flexibility index (Phi) is 5.41. The first-order valence-electron chi connectivity index (χ1n) is 7.74. The third-order valence-electron chi connectivity index (χ3n) is 4.27. The molecular formula is C17H24N2O3. The molecule has 1 aliphatic rings. The number of carbonyl (C=O) groups is 2. The van der Waals surface area contributed by atoms with Crippen LogP contribution in [-0.4, -0.2) is 37.4 Å². The lowest BCUT2D eigenvalue weighted by atomic mass is 9.94. The summed E-state index contributed by atoms with van der Waals surface area (Å²) in [5.74, 6) is 0.539. The van der Waals surface area contributed by atoms with Gasteiger partial charge in [0, 0.05) is 31.5 Å². The van der Waals surface area contributed by atoms with Gasteiger partial charge < -0.3 is 15.0 Å². The average molecular weight is 304 g/mol. The van der Waals surface area contributed by atoms with Crippen LogP contribution >= 0.6 is 0 Å². The molecule has 0 radical (unpaired) electrons. The van der Waals surface area contributed by atoms with Gasteiger partial charge in [-0.05, 0) is 18.9 Å². The monoisotopic (exact) mass is 304 g/mol. The van der Waals surface area contributed by atoms with Gasteiger partial charge in [-0.15, -0.1) is 0 Å². The number of hydrogen-bond donors (Lipinski definition) is 1. The second kappa shape index (κ2) is 7.29. The summed E-state index contributed by atoms with van der Waals surface area (Å²) in [6.45, 7) is 2.67. The van der Waals surface area contributed by atoms with Gasteiger partial charge in [-0.25, -0.2) is 0 Å². The lowest BCUT2D eigenvalue weighted by Gasteiger charge is -2.29. The average Bonchev–Trinajstić information content (AvgIpc) is 2.54. The number of nitrogens with zero attached hydrogens (tertiary/aromatic N) is 1. The van der Waals surface area contributed by atoms with E-state index in [-0.39, 0.29) is 23.8 Å². The Hall–Kier alpha value is -2.04. The summed E-state index contributed by atoms with van der Waals surface area (Å²) in [6.07, 6.45) is 1.79. The fourth-order valence-corrected chi connectivity index (χ4v) is 2.81. The molecule has 5 heteroatoms. The zero-order valence-corrected chi connectivity index (χ0v) is 13.5. The topological polar surface area (TPSA) is 58.6 Å². The Balaban J connectivity index is 2.07. The van der Waals surface area contributed by atoms with Gasteiger partial charge in [-0.2, -0.15) is 0 Å². The minimum absolute atomic E-state index is 0.0386. The molecule has 1 heterocycles. The van der Waals surface area contributed by atoms with Crippen LogP contribution in [0, 0.1) is 5.92 Å². The molecule has 0 bridgehead atoms. The maximum absolute atomic E-state index is 12.5. The fourth-order valence-electron chi connectivity index (χ4n) is 2.81. The molecule has 1 fully saturated rings. The van der Waals surface area contributed by atoms with Crippen LogP contribution in [0.4, 0.5) is 0 Å². The zero-order valence-electron chi connectivity index (χ0n) is 13.5. The molecule has 2 atom stereocenters. The molecule has 1 aromatic carbocycles. The number of benzene rings is 1. The molecule has 2 amide bonds. The van der Waals surface area contributed by atoms with Crippen LogP contribution in [0.25, 0.3) is 0 Å². The predicted octanol–water partition coefficient (Wildman–Crippen LogP) is 2.13. The maximum atomic E-state index is 12.5. The standard InChI is InChI=1S/C17H24N2O3/c1-4-14(13-7-5-6-8-15(13)22-3)18-17(21)12-9-10-19(2)16(20)11-12/h5-8,12,14H,4,9-11H2,1-3H3,(H,18,21)/t12-,14+/m1/s1. The van der Waals surface area contributed by atoms with Crippen molar-refractivity contribution in [3.63, 3.8) is 0 Å². The van der Waals surface area contributed by atoms with Crippen molar-refractivity contribution in [3.05, 3.63) is 29.8 Å². The molecule has 1 aliphatic heterocycles. The highest BCUT2D eigenvalue weighted by Gasteiger charge is 2.30. The highest BCUT2D eigenvalue weighted by atomic mass is 16.5. The van der Waals surface area contributed by atoms with Gasteiger partial charge in [-0.3, -0.25) is 9.59 Å². The molecule has 2 rings (SSSR count). The minimum Gasteiger partial charge on any atom is -0.496 e. The number of hydrogen-bond acceptors (Lipinski definition) is 3. The van der Waals surface area contributed by atoms with Crippen molar-refractivity contribution in [2.45, 2.75) is 32.2 Å². The molecule has 1 N–H and O–H groups in total. The largest absolute Gasteiger partial charge is 0.496 e. The number of rotatable bonds is 5. The predicted molar refractivity (Wildman–Crippen MR) is 84.5 cm³/mol. The van der Waals surface area contributed by atoms with Crippen molar-refractivity contribution in [1.29, 1.82) is 0 Å². The molecule has 0 unspecified atom stereocenters. The summed E-state index contributed by atoms with van der Waals surface area (Å²) < 4.78 is 5.37. The number of methoxy groups -OCH3 is 1. The number of para-hydroxylation sites is 1.